The Hall–Kier alpha value is -0.900. The summed E-state index contributed by atoms with van der Waals surface area (Å²) in [4.78, 5) is 2.49. The average Bonchev–Trinajstić information content (AvgIpc) is 2.49. The largest absolute Gasteiger partial charge is 0.379 e. The summed E-state index contributed by atoms with van der Waals surface area (Å²) in [7, 11) is 0. The van der Waals surface area contributed by atoms with Crippen molar-refractivity contribution >= 4 is 0 Å². The van der Waals surface area contributed by atoms with Crippen molar-refractivity contribution in [2.24, 2.45) is 5.92 Å². The van der Waals surface area contributed by atoms with Crippen molar-refractivity contribution in [2.45, 2.75) is 32.7 Å². The Kier molecular flexibility index (Phi) is 6.68. The van der Waals surface area contributed by atoms with Crippen LogP contribution in [0.15, 0.2) is 30.3 Å². The number of rotatable bonds is 7. The van der Waals surface area contributed by atoms with E-state index in [0.717, 1.165) is 39.4 Å². The zero-order chi connectivity index (χ0) is 15.1. The third-order valence-electron chi connectivity index (χ3n) is 4.35. The molecule has 2 rings (SSSR count). The first-order valence-corrected chi connectivity index (χ1v) is 8.25. The molecule has 1 heterocycles. The lowest BCUT2D eigenvalue weighted by molar-refractivity contribution is 0.0343. The molecule has 3 nitrogen and oxygen atoms in total. The number of nitrogens with zero attached hydrogens (tertiary/aromatic N) is 1. The Morgan fingerprint density at radius 3 is 2.38 bits per heavy atom. The van der Waals surface area contributed by atoms with Gasteiger partial charge in [-0.1, -0.05) is 44.2 Å². The van der Waals surface area contributed by atoms with Crippen molar-refractivity contribution in [3.05, 3.63) is 35.9 Å². The highest BCUT2D eigenvalue weighted by molar-refractivity contribution is 5.20. The molecule has 1 aromatic carbocycles. The van der Waals surface area contributed by atoms with Crippen LogP contribution in [0.2, 0.25) is 0 Å². The minimum atomic E-state index is 0.521. The van der Waals surface area contributed by atoms with E-state index in [1.807, 2.05) is 0 Å². The summed E-state index contributed by atoms with van der Waals surface area (Å²) in [6.07, 6.45) is 0. The third kappa shape index (κ3) is 5.42. The minimum Gasteiger partial charge on any atom is -0.379 e. The van der Waals surface area contributed by atoms with Crippen LogP contribution in [0.25, 0.3) is 0 Å². The molecule has 1 N–H and O–H groups in total. The molecular weight excluding hydrogens is 260 g/mol. The lowest BCUT2D eigenvalue weighted by Gasteiger charge is -2.30. The molecule has 0 saturated carbocycles. The number of nitrogens with one attached hydrogen (secondary N) is 1. The maximum Gasteiger partial charge on any atom is 0.0594 e. The van der Waals surface area contributed by atoms with Gasteiger partial charge in [0.15, 0.2) is 0 Å². The smallest absolute Gasteiger partial charge is 0.0594 e. The predicted molar refractivity (Wildman–Crippen MR) is 88.7 cm³/mol. The molecule has 1 aromatic rings. The molecule has 1 aliphatic heterocycles. The minimum absolute atomic E-state index is 0.521. The highest BCUT2D eigenvalue weighted by atomic mass is 16.5. The van der Waals surface area contributed by atoms with E-state index in [1.54, 1.807) is 0 Å². The first-order valence-electron chi connectivity index (χ1n) is 8.25. The van der Waals surface area contributed by atoms with Gasteiger partial charge in [0.1, 0.15) is 0 Å². The van der Waals surface area contributed by atoms with Gasteiger partial charge in [0.25, 0.3) is 0 Å². The van der Waals surface area contributed by atoms with E-state index in [0.29, 0.717) is 17.9 Å². The molecule has 118 valence electrons. The molecule has 0 aromatic heterocycles. The van der Waals surface area contributed by atoms with Gasteiger partial charge in [0.2, 0.25) is 0 Å². The molecule has 1 aliphatic rings. The van der Waals surface area contributed by atoms with Crippen molar-refractivity contribution in [2.75, 3.05) is 39.4 Å². The molecule has 1 fully saturated rings. The van der Waals surface area contributed by atoms with E-state index in [9.17, 15) is 0 Å². The molecule has 1 saturated heterocycles. The Morgan fingerprint density at radius 2 is 1.76 bits per heavy atom. The maximum absolute atomic E-state index is 5.41. The Labute approximate surface area is 129 Å². The van der Waals surface area contributed by atoms with Crippen LogP contribution in [-0.2, 0) is 4.74 Å². The monoisotopic (exact) mass is 290 g/mol. The van der Waals surface area contributed by atoms with Crippen LogP contribution in [0, 0.1) is 5.92 Å². The SMILES string of the molecule is CC(CN1CCOCC1)NCC(c1ccccc1)C(C)C. The molecule has 2 atom stereocenters. The second-order valence-electron chi connectivity index (χ2n) is 6.48. The molecule has 0 amide bonds. The van der Waals surface area contributed by atoms with Gasteiger partial charge in [0, 0.05) is 32.2 Å². The highest BCUT2D eigenvalue weighted by Crippen LogP contribution is 2.23. The first kappa shape index (κ1) is 16.5. The van der Waals surface area contributed by atoms with E-state index in [4.69, 9.17) is 4.74 Å². The Bertz CT molecular complexity index is 387. The molecule has 21 heavy (non-hydrogen) atoms. The van der Waals surface area contributed by atoms with Gasteiger partial charge in [-0.2, -0.15) is 0 Å². The summed E-state index contributed by atoms with van der Waals surface area (Å²) in [6, 6.07) is 11.4. The van der Waals surface area contributed by atoms with Gasteiger partial charge >= 0.3 is 0 Å². The summed E-state index contributed by atoms with van der Waals surface area (Å²) in [5, 5.41) is 3.73. The van der Waals surface area contributed by atoms with Crippen LogP contribution >= 0.6 is 0 Å². The molecular formula is C18H30N2O. The topological polar surface area (TPSA) is 24.5 Å². The van der Waals surface area contributed by atoms with Gasteiger partial charge in [-0.25, -0.2) is 0 Å². The van der Waals surface area contributed by atoms with Crippen LogP contribution in [-0.4, -0.2) is 50.3 Å². The van der Waals surface area contributed by atoms with Crippen molar-refractivity contribution in [1.29, 1.82) is 0 Å². The van der Waals surface area contributed by atoms with Crippen LogP contribution in [0.5, 0.6) is 0 Å². The molecule has 3 heteroatoms. The normalized spacial score (nSPS) is 19.6. The lowest BCUT2D eigenvalue weighted by Crippen LogP contribution is -2.45. The number of hydrogen-bond donors (Lipinski definition) is 1. The van der Waals surface area contributed by atoms with Crippen molar-refractivity contribution in [3.63, 3.8) is 0 Å². The van der Waals surface area contributed by atoms with E-state index >= 15 is 0 Å². The zero-order valence-corrected chi connectivity index (χ0v) is 13.7. The molecule has 0 radical (unpaired) electrons. The molecule has 2 unspecified atom stereocenters. The van der Waals surface area contributed by atoms with Crippen LogP contribution in [0.3, 0.4) is 0 Å². The lowest BCUT2D eigenvalue weighted by atomic mass is 9.88. The van der Waals surface area contributed by atoms with Crippen LogP contribution in [0.1, 0.15) is 32.3 Å². The number of morpholine rings is 1. The summed E-state index contributed by atoms with van der Waals surface area (Å²) in [6.45, 7) is 13.0. The molecule has 0 aliphatic carbocycles. The predicted octanol–water partition coefficient (Wildman–Crippen LogP) is 2.74. The molecule has 0 bridgehead atoms. The van der Waals surface area contributed by atoms with Crippen LogP contribution < -0.4 is 5.32 Å². The van der Waals surface area contributed by atoms with Gasteiger partial charge in [-0.15, -0.1) is 0 Å². The van der Waals surface area contributed by atoms with E-state index in [1.165, 1.54) is 5.56 Å². The van der Waals surface area contributed by atoms with E-state index in [-0.39, 0.29) is 0 Å². The van der Waals surface area contributed by atoms with Gasteiger partial charge in [0.05, 0.1) is 13.2 Å². The van der Waals surface area contributed by atoms with Gasteiger partial charge in [-0.05, 0) is 24.3 Å². The highest BCUT2D eigenvalue weighted by Gasteiger charge is 2.18. The van der Waals surface area contributed by atoms with E-state index < -0.39 is 0 Å². The molecule has 0 spiro atoms. The summed E-state index contributed by atoms with van der Waals surface area (Å²) in [5.41, 5.74) is 1.44. The van der Waals surface area contributed by atoms with Gasteiger partial charge < -0.3 is 10.1 Å². The van der Waals surface area contributed by atoms with Gasteiger partial charge in [-0.3, -0.25) is 4.90 Å². The van der Waals surface area contributed by atoms with Crippen molar-refractivity contribution in [3.8, 4) is 0 Å². The Morgan fingerprint density at radius 1 is 1.10 bits per heavy atom. The summed E-state index contributed by atoms with van der Waals surface area (Å²) < 4.78 is 5.41. The number of ether oxygens (including phenoxy) is 1. The first-order chi connectivity index (χ1) is 10.2. The van der Waals surface area contributed by atoms with E-state index in [2.05, 4.69) is 61.3 Å². The number of benzene rings is 1. The average molecular weight is 290 g/mol. The van der Waals surface area contributed by atoms with Crippen molar-refractivity contribution in [1.82, 2.24) is 10.2 Å². The Balaban J connectivity index is 1.81. The maximum atomic E-state index is 5.41. The fraction of sp³-hybridized carbons (Fsp3) is 0.667. The third-order valence-corrected chi connectivity index (χ3v) is 4.35. The quantitative estimate of drug-likeness (QED) is 0.835. The fourth-order valence-electron chi connectivity index (χ4n) is 3.00. The number of hydrogen-bond acceptors (Lipinski definition) is 3. The second kappa shape index (κ2) is 8.52. The van der Waals surface area contributed by atoms with Crippen LogP contribution in [0.4, 0.5) is 0 Å². The second-order valence-corrected chi connectivity index (χ2v) is 6.48. The zero-order valence-electron chi connectivity index (χ0n) is 13.7. The van der Waals surface area contributed by atoms with Crippen molar-refractivity contribution < 1.29 is 4.74 Å². The summed E-state index contributed by atoms with van der Waals surface area (Å²) >= 11 is 0. The standard InChI is InChI=1S/C18H30N2O/c1-15(2)18(17-7-5-4-6-8-17)13-19-16(3)14-20-9-11-21-12-10-20/h4-8,15-16,18-19H,9-14H2,1-3H3. The summed E-state index contributed by atoms with van der Waals surface area (Å²) in [5.74, 6) is 1.23. The fourth-order valence-corrected chi connectivity index (χ4v) is 3.00.